The molecule has 1 aromatic carbocycles. The van der Waals surface area contributed by atoms with Crippen molar-refractivity contribution < 1.29 is 14.1 Å². The number of thiazole rings is 1. The summed E-state index contributed by atoms with van der Waals surface area (Å²) in [7, 11) is -0.492. The van der Waals surface area contributed by atoms with Gasteiger partial charge >= 0.3 is 114 Å². The van der Waals surface area contributed by atoms with E-state index < -0.39 is 13.9 Å². The third kappa shape index (κ3) is 3.55. The van der Waals surface area contributed by atoms with E-state index in [0.717, 1.165) is 5.56 Å². The Hall–Kier alpha value is -1.87. The van der Waals surface area contributed by atoms with Gasteiger partial charge in [0.25, 0.3) is 0 Å². The maximum absolute atomic E-state index is 11.7. The molecular formula is C12H9N2O3PS. The summed E-state index contributed by atoms with van der Waals surface area (Å²) in [4.78, 5) is 16.3. The molecule has 0 saturated heterocycles. The molecule has 0 spiro atoms. The Bertz CT molecular complexity index is 694. The standard InChI is InChI=1S/C12H9N2O3PS/c13-12-14-10(11(15)17-7-18-16)9(19-12)6-8-4-2-1-3-5-8/h1-5H,6H2,(H2,13,14). The second-order valence-electron chi connectivity index (χ2n) is 3.56. The molecule has 19 heavy (non-hydrogen) atoms. The van der Waals surface area contributed by atoms with Crippen LogP contribution >= 0.6 is 19.3 Å². The summed E-state index contributed by atoms with van der Waals surface area (Å²) in [6, 6.07) is 9.63. The summed E-state index contributed by atoms with van der Waals surface area (Å²) in [5, 5.41) is 0.289. The molecule has 2 N–H and O–H groups in total. The van der Waals surface area contributed by atoms with Crippen molar-refractivity contribution in [3.8, 4) is 5.81 Å². The Balaban J connectivity index is 2.27. The van der Waals surface area contributed by atoms with E-state index in [2.05, 4.69) is 9.72 Å². The molecule has 0 bridgehead atoms. The molecule has 2 aromatic rings. The third-order valence-electron chi connectivity index (χ3n) is 2.29. The molecule has 1 heterocycles. The van der Waals surface area contributed by atoms with Crippen LogP contribution in [0.5, 0.6) is 0 Å². The van der Waals surface area contributed by atoms with Crippen LogP contribution in [-0.4, -0.2) is 11.0 Å². The van der Waals surface area contributed by atoms with Gasteiger partial charge in [0.05, 0.1) is 0 Å². The molecule has 0 aliphatic heterocycles. The zero-order valence-corrected chi connectivity index (χ0v) is 11.4. The Morgan fingerprint density at radius 2 is 2.16 bits per heavy atom. The average Bonchev–Trinajstić information content (AvgIpc) is 2.78. The van der Waals surface area contributed by atoms with Gasteiger partial charge in [-0.2, -0.15) is 0 Å². The van der Waals surface area contributed by atoms with Crippen molar-refractivity contribution >= 4 is 30.4 Å². The van der Waals surface area contributed by atoms with E-state index in [1.165, 1.54) is 11.3 Å². The predicted octanol–water partition coefficient (Wildman–Crippen LogP) is 2.68. The van der Waals surface area contributed by atoms with Crippen molar-refractivity contribution in [1.82, 2.24) is 4.98 Å². The van der Waals surface area contributed by atoms with E-state index in [1.807, 2.05) is 36.1 Å². The van der Waals surface area contributed by atoms with Gasteiger partial charge in [-0.3, -0.25) is 0 Å². The number of carbonyl (C=O) groups is 1. The number of rotatable bonds is 3. The Labute approximate surface area is 114 Å². The van der Waals surface area contributed by atoms with Gasteiger partial charge in [0.15, 0.2) is 0 Å². The number of benzene rings is 1. The Morgan fingerprint density at radius 1 is 1.42 bits per heavy atom. The van der Waals surface area contributed by atoms with Crippen LogP contribution in [-0.2, 0) is 15.7 Å². The van der Waals surface area contributed by atoms with E-state index in [0.29, 0.717) is 11.3 Å². The maximum atomic E-state index is 11.7. The van der Waals surface area contributed by atoms with Crippen molar-refractivity contribution in [3.05, 3.63) is 46.5 Å². The first-order valence-corrected chi connectivity index (χ1v) is 6.91. The summed E-state index contributed by atoms with van der Waals surface area (Å²) in [5.74, 6) is 1.23. The van der Waals surface area contributed by atoms with E-state index >= 15 is 0 Å². The summed E-state index contributed by atoms with van der Waals surface area (Å²) >= 11 is 1.23. The SMILES string of the molecule is Nc1nc(C(=O)OC#P=O)c(Cc2ccccc2)s1. The van der Waals surface area contributed by atoms with Crippen LogP contribution in [0.25, 0.3) is 0 Å². The van der Waals surface area contributed by atoms with E-state index in [9.17, 15) is 9.36 Å². The van der Waals surface area contributed by atoms with Crippen LogP contribution in [0.1, 0.15) is 20.9 Å². The number of nitrogens with two attached hydrogens (primary N) is 1. The monoisotopic (exact) mass is 292 g/mol. The van der Waals surface area contributed by atoms with Gasteiger partial charge in [-0.1, -0.05) is 0 Å². The third-order valence-corrected chi connectivity index (χ3v) is 3.34. The van der Waals surface area contributed by atoms with E-state index in [1.54, 1.807) is 0 Å². The molecule has 96 valence electrons. The van der Waals surface area contributed by atoms with Gasteiger partial charge in [0.2, 0.25) is 0 Å². The van der Waals surface area contributed by atoms with Gasteiger partial charge in [-0.25, -0.2) is 0 Å². The number of ether oxygens (including phenoxy) is 1. The molecule has 0 fully saturated rings. The normalized spacial score (nSPS) is 9.68. The fourth-order valence-electron chi connectivity index (χ4n) is 1.54. The minimum atomic E-state index is -0.706. The predicted molar refractivity (Wildman–Crippen MR) is 72.7 cm³/mol. The Morgan fingerprint density at radius 3 is 2.84 bits per heavy atom. The van der Waals surface area contributed by atoms with E-state index in [4.69, 9.17) is 5.73 Å². The second-order valence-corrected chi connectivity index (χ2v) is 5.04. The number of aromatic nitrogens is 1. The summed E-state index contributed by atoms with van der Waals surface area (Å²) in [6.07, 6.45) is 0.537. The van der Waals surface area contributed by atoms with Gasteiger partial charge in [0.1, 0.15) is 0 Å². The molecule has 0 aliphatic carbocycles. The quantitative estimate of drug-likeness (QED) is 0.694. The molecular weight excluding hydrogens is 283 g/mol. The molecule has 7 heteroatoms. The molecule has 2 rings (SSSR count). The summed E-state index contributed by atoms with van der Waals surface area (Å²) in [5.41, 5.74) is 6.79. The van der Waals surface area contributed by atoms with E-state index in [-0.39, 0.29) is 10.8 Å². The minimum absolute atomic E-state index is 0.141. The van der Waals surface area contributed by atoms with Crippen LogP contribution in [0.4, 0.5) is 5.13 Å². The molecule has 0 radical (unpaired) electrons. The summed E-state index contributed by atoms with van der Waals surface area (Å²) in [6.45, 7) is 0. The van der Waals surface area contributed by atoms with Crippen molar-refractivity contribution in [2.24, 2.45) is 0 Å². The fourth-order valence-corrected chi connectivity index (χ4v) is 2.51. The number of nitrogen functional groups attached to an aromatic ring is 1. The first-order valence-electron chi connectivity index (χ1n) is 5.28. The second kappa shape index (κ2) is 6.34. The van der Waals surface area contributed by atoms with Crippen LogP contribution in [0.3, 0.4) is 0 Å². The Kier molecular flexibility index (Phi) is 4.53. The van der Waals surface area contributed by atoms with Crippen LogP contribution in [0.2, 0.25) is 0 Å². The van der Waals surface area contributed by atoms with Crippen molar-refractivity contribution in [1.29, 1.82) is 0 Å². The molecule has 0 amide bonds. The zero-order chi connectivity index (χ0) is 13.7. The number of esters is 1. The molecule has 0 saturated carbocycles. The van der Waals surface area contributed by atoms with Crippen molar-refractivity contribution in [2.75, 3.05) is 5.73 Å². The first-order chi connectivity index (χ1) is 9.20. The van der Waals surface area contributed by atoms with Gasteiger partial charge in [-0.05, 0) is 0 Å². The van der Waals surface area contributed by atoms with Gasteiger partial charge in [-0.15, -0.1) is 0 Å². The van der Waals surface area contributed by atoms with Gasteiger partial charge in [0, 0.05) is 0 Å². The van der Waals surface area contributed by atoms with Crippen LogP contribution in [0, 0.1) is 5.81 Å². The molecule has 1 aromatic heterocycles. The molecule has 5 nitrogen and oxygen atoms in total. The number of hydrogen-bond donors (Lipinski definition) is 1. The molecule has 0 unspecified atom stereocenters. The van der Waals surface area contributed by atoms with Crippen LogP contribution in [0.15, 0.2) is 30.3 Å². The number of anilines is 1. The zero-order valence-electron chi connectivity index (χ0n) is 9.70. The first kappa shape index (κ1) is 13.6. The number of nitrogens with zero attached hydrogens (tertiary/aromatic N) is 1. The van der Waals surface area contributed by atoms with Crippen molar-refractivity contribution in [2.45, 2.75) is 6.42 Å². The molecule has 0 aliphatic rings. The summed E-state index contributed by atoms with van der Waals surface area (Å²) < 4.78 is 14.7. The average molecular weight is 292 g/mol. The van der Waals surface area contributed by atoms with Crippen LogP contribution < -0.4 is 5.73 Å². The van der Waals surface area contributed by atoms with Gasteiger partial charge < -0.3 is 0 Å². The topological polar surface area (TPSA) is 82.3 Å². The molecule has 0 atom stereocenters. The number of carbonyl (C=O) groups excluding carboxylic acids is 1. The van der Waals surface area contributed by atoms with Crippen molar-refractivity contribution in [3.63, 3.8) is 0 Å². The fraction of sp³-hybridized carbons (Fsp3) is 0.0833. The number of hydrogen-bond acceptors (Lipinski definition) is 6.